The van der Waals surface area contributed by atoms with Crippen molar-refractivity contribution in [2.24, 2.45) is 0 Å². The van der Waals surface area contributed by atoms with Crippen LogP contribution in [0.3, 0.4) is 0 Å². The summed E-state index contributed by atoms with van der Waals surface area (Å²) >= 11 is 0. The number of rotatable bonds is 0. The van der Waals surface area contributed by atoms with Crippen molar-refractivity contribution < 1.29 is 119 Å². The fourth-order valence-corrected chi connectivity index (χ4v) is 0. The number of hydrogen-bond acceptors (Lipinski definition) is 12. The molecule has 0 heterocycles. The molecule has 6 radical (unpaired) electrons. The van der Waals surface area contributed by atoms with E-state index in [0.717, 1.165) is 0 Å². The summed E-state index contributed by atoms with van der Waals surface area (Å²) < 4.78 is 0. The van der Waals surface area contributed by atoms with Crippen molar-refractivity contribution in [2.45, 2.75) is 0 Å². The Morgan fingerprint density at radius 2 is 0.273 bits per heavy atom. The average Bonchev–Trinajstić information content (AvgIpc) is 1.76. The van der Waals surface area contributed by atoms with Crippen molar-refractivity contribution in [2.75, 3.05) is 0 Å². The van der Waals surface area contributed by atoms with Gasteiger partial charge in [-0.15, -0.1) is 0 Å². The SMILES string of the molecule is [O-]B([O-])[O-].[O-]B([O-])[O-].[O-]B([O-])[O-].[O-]B([O-])[O-].[Pb+2].[Pb+2].[Pb+2].[Zn+2].[Zn+2].[Zn+2]. The zero-order valence-electron chi connectivity index (χ0n) is 10.8. The van der Waals surface area contributed by atoms with Crippen molar-refractivity contribution in [3.63, 3.8) is 0 Å². The molecule has 0 bridgehead atoms. The molecule has 0 aliphatic carbocycles. The summed E-state index contributed by atoms with van der Waals surface area (Å²) in [5.74, 6) is 0. The first-order valence-corrected chi connectivity index (χ1v) is 2.83. The predicted molar refractivity (Wildman–Crippen MR) is 40.3 cm³/mol. The average molecular weight is 1050 g/mol. The quantitative estimate of drug-likeness (QED) is 0.205. The van der Waals surface area contributed by atoms with Crippen molar-refractivity contribution in [1.82, 2.24) is 0 Å². The molecule has 0 aromatic carbocycles. The Morgan fingerprint density at radius 3 is 0.273 bits per heavy atom. The van der Waals surface area contributed by atoms with Crippen LogP contribution in [-0.4, -0.2) is 111 Å². The third kappa shape index (κ3) is 686. The van der Waals surface area contributed by atoms with Gasteiger partial charge in [0.05, 0.1) is 0 Å². The van der Waals surface area contributed by atoms with Crippen molar-refractivity contribution >= 4 is 111 Å². The molecule has 102 valence electrons. The fraction of sp³-hybridized carbons (Fsp3) is 0. The van der Waals surface area contributed by atoms with Crippen molar-refractivity contribution in [3.05, 3.63) is 0 Å². The summed E-state index contributed by atoms with van der Waals surface area (Å²) in [5.41, 5.74) is 0. The maximum absolute atomic E-state index is 8.42. The second-order valence-corrected chi connectivity index (χ2v) is 1.15. The van der Waals surface area contributed by atoms with E-state index in [0.29, 0.717) is 0 Å². The first-order chi connectivity index (χ1) is 6.93. The van der Waals surface area contributed by atoms with E-state index in [1.165, 1.54) is 0 Å². The van der Waals surface area contributed by atoms with E-state index in [4.69, 9.17) is 60.3 Å². The third-order valence-corrected chi connectivity index (χ3v) is 0. The van der Waals surface area contributed by atoms with E-state index >= 15 is 0 Å². The van der Waals surface area contributed by atoms with Crippen LogP contribution in [0.25, 0.3) is 0 Å². The summed E-state index contributed by atoms with van der Waals surface area (Å²) in [4.78, 5) is 0. The molecule has 0 atom stereocenters. The fourth-order valence-electron chi connectivity index (χ4n) is 0. The molecular formula is B4O12Pb3Zn3. The first kappa shape index (κ1) is 63.3. The standard InChI is InChI=1S/4BO3.3Pb.3Zn/c4*2-1(3)4;;;;;;/q4*-3;6*+2. The van der Waals surface area contributed by atoms with Gasteiger partial charge in [-0.1, -0.05) is 0 Å². The van der Waals surface area contributed by atoms with Crippen molar-refractivity contribution in [3.8, 4) is 0 Å². The molecule has 0 fully saturated rings. The van der Waals surface area contributed by atoms with Gasteiger partial charge in [0, 0.05) is 0 Å². The smallest absolute Gasteiger partial charge is 0.907 e. The van der Waals surface area contributed by atoms with E-state index in [2.05, 4.69) is 0 Å². The molecule has 0 N–H and O–H groups in total. The van der Waals surface area contributed by atoms with E-state index in [-0.39, 0.29) is 140 Å². The topological polar surface area (TPSA) is 277 Å². The second kappa shape index (κ2) is 56.2. The Kier molecular flexibility index (Phi) is 162. The zero-order valence-corrected chi connectivity index (χ0v) is 31.4. The summed E-state index contributed by atoms with van der Waals surface area (Å²) in [7, 11) is -11.7. The maximum Gasteiger partial charge on any atom is 2.00 e. The Hall–Kier alpha value is 4.42. The maximum atomic E-state index is 8.42. The summed E-state index contributed by atoms with van der Waals surface area (Å²) in [6.07, 6.45) is 0. The second-order valence-electron chi connectivity index (χ2n) is 1.15. The molecule has 22 heavy (non-hydrogen) atoms. The molecule has 0 rings (SSSR count). The molecule has 0 aromatic heterocycles. The number of hydrogen-bond donors (Lipinski definition) is 0. The first-order valence-electron chi connectivity index (χ1n) is 2.83. The minimum absolute atomic E-state index is 0. The summed E-state index contributed by atoms with van der Waals surface area (Å²) in [6.45, 7) is 0. The van der Waals surface area contributed by atoms with E-state index < -0.39 is 29.3 Å². The zero-order chi connectivity index (χ0) is 14.3. The van der Waals surface area contributed by atoms with E-state index in [1.807, 2.05) is 0 Å². The normalized spacial score (nSPS) is 4.91. The van der Waals surface area contributed by atoms with Crippen LogP contribution >= 0.6 is 0 Å². The van der Waals surface area contributed by atoms with Gasteiger partial charge >= 0.3 is 140 Å². The van der Waals surface area contributed by atoms with Crippen molar-refractivity contribution in [1.29, 1.82) is 0 Å². The Morgan fingerprint density at radius 1 is 0.273 bits per heavy atom. The van der Waals surface area contributed by atoms with Crippen LogP contribution in [-0.2, 0) is 58.4 Å². The van der Waals surface area contributed by atoms with E-state index in [1.54, 1.807) is 0 Å². The van der Waals surface area contributed by atoms with Crippen LogP contribution in [0.15, 0.2) is 0 Å². The van der Waals surface area contributed by atoms with Gasteiger partial charge in [0.2, 0.25) is 0 Å². The van der Waals surface area contributed by atoms with E-state index in [9.17, 15) is 0 Å². The third-order valence-electron chi connectivity index (χ3n) is 0. The van der Waals surface area contributed by atoms with Crippen LogP contribution in [0.5, 0.6) is 0 Å². The molecule has 22 heteroatoms. The molecule has 0 saturated heterocycles. The molecule has 0 aromatic rings. The van der Waals surface area contributed by atoms with Gasteiger partial charge in [-0.3, -0.25) is 29.3 Å². The Balaban J connectivity index is -0.00000001000. The van der Waals surface area contributed by atoms with Crippen LogP contribution in [0, 0.1) is 0 Å². The van der Waals surface area contributed by atoms with Gasteiger partial charge in [-0.25, -0.2) is 0 Å². The molecule has 0 aliphatic heterocycles. The molecule has 12 nitrogen and oxygen atoms in total. The van der Waals surface area contributed by atoms with Crippen LogP contribution in [0.1, 0.15) is 0 Å². The van der Waals surface area contributed by atoms with Gasteiger partial charge in [-0.2, -0.15) is 0 Å². The molecule has 0 spiro atoms. The predicted octanol–water partition coefficient (Wildman–Crippen LogP) is -16.9. The largest absolute Gasteiger partial charge is 2.00 e. The molecule has 0 amide bonds. The molecule has 0 unspecified atom stereocenters. The molecule has 0 aliphatic rings. The van der Waals surface area contributed by atoms with Gasteiger partial charge in [-0.05, 0) is 0 Å². The van der Waals surface area contributed by atoms with Gasteiger partial charge in [0.1, 0.15) is 0 Å². The van der Waals surface area contributed by atoms with Crippen LogP contribution in [0.4, 0.5) is 0 Å². The molecular weight excluding hydrogens is 1050 g/mol. The van der Waals surface area contributed by atoms with Gasteiger partial charge in [0.15, 0.2) is 0 Å². The summed E-state index contributed by atoms with van der Waals surface area (Å²) in [6, 6.07) is 0. The van der Waals surface area contributed by atoms with Crippen LogP contribution in [0.2, 0.25) is 0 Å². The Bertz CT molecular complexity index is 80.6. The monoisotopic (exact) mass is 1050 g/mol. The Labute approximate surface area is 226 Å². The van der Waals surface area contributed by atoms with Crippen LogP contribution < -0.4 is 60.3 Å². The van der Waals surface area contributed by atoms with Gasteiger partial charge < -0.3 is 60.3 Å². The van der Waals surface area contributed by atoms with Gasteiger partial charge in [0.25, 0.3) is 0 Å². The minimum atomic E-state index is -2.92. The minimum Gasteiger partial charge on any atom is -0.907 e. The summed E-state index contributed by atoms with van der Waals surface area (Å²) in [5, 5.41) is 101. The molecule has 0 saturated carbocycles.